The number of methoxy groups -OCH3 is 1. The maximum atomic E-state index is 12.5. The Bertz CT molecular complexity index is 980. The number of nitrogen functional groups attached to an aromatic ring is 1. The normalized spacial score (nSPS) is 15.9. The minimum atomic E-state index is -0.435. The Hall–Kier alpha value is -2.35. The van der Waals surface area contributed by atoms with Crippen LogP contribution in [0.2, 0.25) is 5.02 Å². The van der Waals surface area contributed by atoms with Gasteiger partial charge < -0.3 is 29.6 Å². The quantitative estimate of drug-likeness (QED) is 0.409. The van der Waals surface area contributed by atoms with Gasteiger partial charge in [-0.1, -0.05) is 17.7 Å². The third-order valence-electron chi connectivity index (χ3n) is 6.24. The van der Waals surface area contributed by atoms with Crippen molar-refractivity contribution in [3.8, 4) is 17.2 Å². The molecule has 0 unspecified atom stereocenters. The molecule has 7 nitrogen and oxygen atoms in total. The molecule has 0 radical (unpaired) electrons. The van der Waals surface area contributed by atoms with Crippen LogP contribution in [0.1, 0.15) is 35.2 Å². The maximum absolute atomic E-state index is 12.5. The highest BCUT2D eigenvalue weighted by Crippen LogP contribution is 2.32. The lowest BCUT2D eigenvalue weighted by Crippen LogP contribution is -2.36. The number of hydrogen-bond donors (Lipinski definition) is 1. The van der Waals surface area contributed by atoms with Crippen LogP contribution in [0.5, 0.6) is 17.2 Å². The molecule has 0 aromatic heterocycles. The van der Waals surface area contributed by atoms with Gasteiger partial charge in [0.2, 0.25) is 0 Å². The number of ether oxygens (including phenoxy) is 4. The fourth-order valence-electron chi connectivity index (χ4n) is 4.30. The van der Waals surface area contributed by atoms with E-state index < -0.39 is 5.97 Å². The van der Waals surface area contributed by atoms with Crippen molar-refractivity contribution >= 4 is 35.7 Å². The van der Waals surface area contributed by atoms with Gasteiger partial charge in [0, 0.05) is 6.07 Å². The number of benzene rings is 2. The van der Waals surface area contributed by atoms with Crippen molar-refractivity contribution in [1.82, 2.24) is 4.90 Å². The number of nitrogens with two attached hydrogens (primary N) is 1. The summed E-state index contributed by atoms with van der Waals surface area (Å²) in [6.45, 7) is 4.71. The molecular formula is C25H32Cl2N2O5. The second-order valence-electron chi connectivity index (χ2n) is 8.54. The Morgan fingerprint density at radius 2 is 1.88 bits per heavy atom. The summed E-state index contributed by atoms with van der Waals surface area (Å²) in [4.78, 5) is 15.0. The molecule has 186 valence electrons. The van der Waals surface area contributed by atoms with Gasteiger partial charge in [0.25, 0.3) is 0 Å². The molecule has 2 N–H and O–H groups in total. The van der Waals surface area contributed by atoms with Gasteiger partial charge >= 0.3 is 5.97 Å². The topological polar surface area (TPSA) is 83.2 Å². The molecule has 0 atom stereocenters. The van der Waals surface area contributed by atoms with E-state index in [-0.39, 0.29) is 12.4 Å². The highest BCUT2D eigenvalue weighted by molar-refractivity contribution is 6.33. The number of carbonyl (C=O) groups excluding carboxylic acids is 1. The van der Waals surface area contributed by atoms with Gasteiger partial charge in [-0.3, -0.25) is 0 Å². The van der Waals surface area contributed by atoms with Crippen LogP contribution in [0, 0.1) is 5.92 Å². The highest BCUT2D eigenvalue weighted by atomic mass is 35.5. The molecule has 9 heteroatoms. The standard InChI is InChI=1S/C25H31ClN2O5.ClH/c1-30-23-15-21(27)20(26)14-19(23)25(29)33-16-18-6-9-28(10-7-18)8-2-3-17-4-5-22-24(13-17)32-12-11-31-22;/h4-5,13-15,18H,2-3,6-12,16,27H2,1H3;1H. The van der Waals surface area contributed by atoms with Gasteiger partial charge in [0.05, 0.1) is 24.4 Å². The van der Waals surface area contributed by atoms with Crippen molar-refractivity contribution in [3.05, 3.63) is 46.5 Å². The predicted octanol–water partition coefficient (Wildman–Crippen LogP) is 4.63. The van der Waals surface area contributed by atoms with Gasteiger partial charge in [-0.05, 0) is 75.0 Å². The highest BCUT2D eigenvalue weighted by Gasteiger charge is 2.22. The molecule has 1 fully saturated rings. The molecule has 0 spiro atoms. The zero-order valence-electron chi connectivity index (χ0n) is 19.4. The monoisotopic (exact) mass is 510 g/mol. The minimum Gasteiger partial charge on any atom is -0.496 e. The fourth-order valence-corrected chi connectivity index (χ4v) is 4.46. The number of halogens is 2. The van der Waals surface area contributed by atoms with Crippen LogP contribution in [0.15, 0.2) is 30.3 Å². The summed E-state index contributed by atoms with van der Waals surface area (Å²) in [5.74, 6) is 1.99. The summed E-state index contributed by atoms with van der Waals surface area (Å²) in [5, 5.41) is 0.312. The predicted molar refractivity (Wildman–Crippen MR) is 135 cm³/mol. The first-order valence-corrected chi connectivity index (χ1v) is 11.8. The summed E-state index contributed by atoms with van der Waals surface area (Å²) in [7, 11) is 1.49. The molecule has 34 heavy (non-hydrogen) atoms. The van der Waals surface area contributed by atoms with Crippen LogP contribution >= 0.6 is 24.0 Å². The summed E-state index contributed by atoms with van der Waals surface area (Å²) >= 11 is 6.06. The molecule has 2 aromatic rings. The Balaban J connectivity index is 0.00000324. The number of nitrogens with zero attached hydrogens (tertiary/aromatic N) is 1. The Morgan fingerprint density at radius 1 is 1.15 bits per heavy atom. The molecule has 4 rings (SSSR count). The van der Waals surface area contributed by atoms with Crippen LogP contribution in [-0.4, -0.2) is 57.4 Å². The third kappa shape index (κ3) is 6.62. The summed E-state index contributed by atoms with van der Waals surface area (Å²) in [6, 6.07) is 9.27. The van der Waals surface area contributed by atoms with E-state index in [1.807, 2.05) is 6.07 Å². The number of hydrogen-bond acceptors (Lipinski definition) is 7. The lowest BCUT2D eigenvalue weighted by molar-refractivity contribution is 0.0369. The third-order valence-corrected chi connectivity index (χ3v) is 6.57. The lowest BCUT2D eigenvalue weighted by Gasteiger charge is -2.31. The molecule has 2 aliphatic heterocycles. The van der Waals surface area contributed by atoms with E-state index in [1.54, 1.807) is 6.07 Å². The van der Waals surface area contributed by atoms with Crippen molar-refractivity contribution in [2.24, 2.45) is 5.92 Å². The zero-order valence-corrected chi connectivity index (χ0v) is 21.0. The second kappa shape index (κ2) is 12.4. The average Bonchev–Trinajstić information content (AvgIpc) is 2.84. The van der Waals surface area contributed by atoms with E-state index in [4.69, 9.17) is 36.3 Å². The van der Waals surface area contributed by atoms with Crippen molar-refractivity contribution in [2.45, 2.75) is 25.7 Å². The van der Waals surface area contributed by atoms with Gasteiger partial charge in [-0.15, -0.1) is 12.4 Å². The molecule has 2 aliphatic rings. The Kier molecular flexibility index (Phi) is 9.56. The number of carbonyl (C=O) groups is 1. The molecule has 0 amide bonds. The molecule has 0 saturated carbocycles. The van der Waals surface area contributed by atoms with Crippen molar-refractivity contribution in [3.63, 3.8) is 0 Å². The van der Waals surface area contributed by atoms with Gasteiger partial charge in [-0.25, -0.2) is 4.79 Å². The number of likely N-dealkylation sites (tertiary alicyclic amines) is 1. The lowest BCUT2D eigenvalue weighted by atomic mass is 9.97. The van der Waals surface area contributed by atoms with Crippen LogP contribution in [0.3, 0.4) is 0 Å². The van der Waals surface area contributed by atoms with Gasteiger partial charge in [0.1, 0.15) is 24.5 Å². The first-order chi connectivity index (χ1) is 16.0. The first-order valence-electron chi connectivity index (χ1n) is 11.4. The molecular weight excluding hydrogens is 479 g/mol. The van der Waals surface area contributed by atoms with Crippen molar-refractivity contribution < 1.29 is 23.7 Å². The van der Waals surface area contributed by atoms with Gasteiger partial charge in [-0.2, -0.15) is 0 Å². The van der Waals surface area contributed by atoms with Crippen molar-refractivity contribution in [2.75, 3.05) is 52.3 Å². The summed E-state index contributed by atoms with van der Waals surface area (Å²) < 4.78 is 22.1. The number of rotatable bonds is 8. The summed E-state index contributed by atoms with van der Waals surface area (Å²) in [6.07, 6.45) is 4.13. The van der Waals surface area contributed by atoms with Gasteiger partial charge in [0.15, 0.2) is 11.5 Å². The van der Waals surface area contributed by atoms with Crippen LogP contribution in [0.25, 0.3) is 0 Å². The number of esters is 1. The van der Waals surface area contributed by atoms with Crippen molar-refractivity contribution in [1.29, 1.82) is 0 Å². The van der Waals surface area contributed by atoms with Crippen LogP contribution in [-0.2, 0) is 11.2 Å². The minimum absolute atomic E-state index is 0. The largest absolute Gasteiger partial charge is 0.496 e. The van der Waals surface area contributed by atoms with E-state index in [9.17, 15) is 4.79 Å². The molecule has 0 bridgehead atoms. The zero-order chi connectivity index (χ0) is 23.2. The number of fused-ring (bicyclic) bond motifs is 1. The van der Waals surface area contributed by atoms with E-state index in [1.165, 1.54) is 18.7 Å². The number of aryl methyl sites for hydroxylation is 1. The molecule has 2 heterocycles. The second-order valence-corrected chi connectivity index (χ2v) is 8.95. The number of anilines is 1. The van der Waals surface area contributed by atoms with E-state index >= 15 is 0 Å². The van der Waals surface area contributed by atoms with Crippen LogP contribution < -0.4 is 19.9 Å². The SMILES string of the molecule is COc1cc(N)c(Cl)cc1C(=O)OCC1CCN(CCCc2ccc3c(c2)OCCO3)CC1.Cl. The van der Waals surface area contributed by atoms with E-state index in [0.717, 1.165) is 56.8 Å². The first kappa shape index (κ1) is 26.3. The molecule has 0 aliphatic carbocycles. The smallest absolute Gasteiger partial charge is 0.341 e. The Labute approximate surface area is 211 Å². The number of piperidine rings is 1. The van der Waals surface area contributed by atoms with E-state index in [2.05, 4.69) is 17.0 Å². The van der Waals surface area contributed by atoms with E-state index in [0.29, 0.717) is 47.8 Å². The fraction of sp³-hybridized carbons (Fsp3) is 0.480. The maximum Gasteiger partial charge on any atom is 0.341 e. The average molecular weight is 511 g/mol. The summed E-state index contributed by atoms with van der Waals surface area (Å²) in [5.41, 5.74) is 7.73. The Morgan fingerprint density at radius 3 is 2.62 bits per heavy atom. The molecule has 2 aromatic carbocycles. The molecule has 1 saturated heterocycles. The van der Waals surface area contributed by atoms with Crippen LogP contribution in [0.4, 0.5) is 5.69 Å².